The molecule has 0 aromatic heterocycles. The fraction of sp³-hybridized carbons (Fsp3) is 0.917. The molecule has 0 radical (unpaired) electrons. The second kappa shape index (κ2) is 5.04. The molecule has 1 amide bonds. The molecular weight excluding hydrogens is 204 g/mol. The zero-order chi connectivity index (χ0) is 12.3. The van der Waals surface area contributed by atoms with E-state index in [0.29, 0.717) is 11.8 Å². The van der Waals surface area contributed by atoms with Gasteiger partial charge in [0.1, 0.15) is 5.60 Å². The monoisotopic (exact) mass is 228 g/mol. The molecule has 1 heterocycles. The van der Waals surface area contributed by atoms with Crippen LogP contribution >= 0.6 is 0 Å². The highest BCUT2D eigenvalue weighted by molar-refractivity contribution is 5.69. The Balaban J connectivity index is 2.28. The zero-order valence-electron chi connectivity index (χ0n) is 10.8. The third kappa shape index (κ3) is 3.67. The smallest absolute Gasteiger partial charge is 0.410 e. The van der Waals surface area contributed by atoms with E-state index in [2.05, 4.69) is 6.92 Å². The summed E-state index contributed by atoms with van der Waals surface area (Å²) >= 11 is 0. The summed E-state index contributed by atoms with van der Waals surface area (Å²) < 4.78 is 5.29. The normalized spacial score (nSPS) is 19.2. The summed E-state index contributed by atoms with van der Waals surface area (Å²) in [6.45, 7) is 10.2. The Morgan fingerprint density at radius 3 is 2.50 bits per heavy atom. The summed E-state index contributed by atoms with van der Waals surface area (Å²) in [6.07, 6.45) is 0.844. The first-order chi connectivity index (χ1) is 7.33. The van der Waals surface area contributed by atoms with E-state index in [0.717, 1.165) is 26.1 Å². The molecule has 0 aromatic rings. The van der Waals surface area contributed by atoms with Crippen molar-refractivity contribution >= 4 is 6.09 Å². The minimum absolute atomic E-state index is 0.191. The number of nitrogens with zero attached hydrogens (tertiary/aromatic N) is 1. The number of carbonyl (C=O) groups is 1. The minimum atomic E-state index is -0.398. The van der Waals surface area contributed by atoms with Gasteiger partial charge in [0.15, 0.2) is 0 Å². The molecular formula is C12H24N2O2. The summed E-state index contributed by atoms with van der Waals surface area (Å²) in [7, 11) is 0. The number of hydrogen-bond acceptors (Lipinski definition) is 3. The van der Waals surface area contributed by atoms with E-state index < -0.39 is 5.60 Å². The Morgan fingerprint density at radius 2 is 2.06 bits per heavy atom. The maximum Gasteiger partial charge on any atom is 0.410 e. The van der Waals surface area contributed by atoms with Gasteiger partial charge < -0.3 is 15.4 Å². The standard InChI is InChI=1S/C12H24N2O2/c1-9(5-6-13)10-7-14(8-10)11(15)16-12(2,3)4/h9-10H,5-8,13H2,1-4H3. The Bertz CT molecular complexity index is 242. The molecule has 94 valence electrons. The van der Waals surface area contributed by atoms with Gasteiger partial charge in [-0.05, 0) is 45.6 Å². The average molecular weight is 228 g/mol. The van der Waals surface area contributed by atoms with Crippen LogP contribution in [0.15, 0.2) is 0 Å². The lowest BCUT2D eigenvalue weighted by molar-refractivity contribution is -0.00979. The van der Waals surface area contributed by atoms with Crippen molar-refractivity contribution in [3.8, 4) is 0 Å². The van der Waals surface area contributed by atoms with Gasteiger partial charge in [-0.2, -0.15) is 0 Å². The first-order valence-electron chi connectivity index (χ1n) is 6.01. The Labute approximate surface area is 98.1 Å². The number of nitrogens with two attached hydrogens (primary N) is 1. The van der Waals surface area contributed by atoms with Crippen molar-refractivity contribution in [2.45, 2.75) is 39.7 Å². The minimum Gasteiger partial charge on any atom is -0.444 e. The molecule has 1 fully saturated rings. The van der Waals surface area contributed by atoms with Gasteiger partial charge in [0.05, 0.1) is 0 Å². The van der Waals surface area contributed by atoms with Crippen LogP contribution in [0.3, 0.4) is 0 Å². The van der Waals surface area contributed by atoms with Crippen molar-refractivity contribution in [3.63, 3.8) is 0 Å². The molecule has 1 aliphatic rings. The van der Waals surface area contributed by atoms with Gasteiger partial charge in [0.2, 0.25) is 0 Å². The molecule has 4 nitrogen and oxygen atoms in total. The maximum absolute atomic E-state index is 11.6. The molecule has 0 saturated carbocycles. The van der Waals surface area contributed by atoms with Gasteiger partial charge in [0, 0.05) is 13.1 Å². The first kappa shape index (κ1) is 13.3. The fourth-order valence-corrected chi connectivity index (χ4v) is 1.85. The van der Waals surface area contributed by atoms with Crippen LogP contribution in [0.5, 0.6) is 0 Å². The maximum atomic E-state index is 11.6. The van der Waals surface area contributed by atoms with E-state index in [9.17, 15) is 4.79 Å². The predicted octanol–water partition coefficient (Wildman–Crippen LogP) is 1.84. The van der Waals surface area contributed by atoms with Crippen LogP contribution in [0.4, 0.5) is 4.79 Å². The van der Waals surface area contributed by atoms with Crippen LogP contribution in [0, 0.1) is 11.8 Å². The Hall–Kier alpha value is -0.770. The summed E-state index contributed by atoms with van der Waals surface area (Å²) in [5, 5.41) is 0. The lowest BCUT2D eigenvalue weighted by atomic mass is 9.85. The summed E-state index contributed by atoms with van der Waals surface area (Å²) in [6, 6.07) is 0. The Morgan fingerprint density at radius 1 is 1.50 bits per heavy atom. The molecule has 1 rings (SSSR count). The molecule has 1 atom stereocenters. The summed E-state index contributed by atoms with van der Waals surface area (Å²) in [5.74, 6) is 1.19. The molecule has 0 spiro atoms. The second-order valence-electron chi connectivity index (χ2n) is 5.70. The number of hydrogen-bond donors (Lipinski definition) is 1. The van der Waals surface area contributed by atoms with Gasteiger partial charge >= 0.3 is 6.09 Å². The van der Waals surface area contributed by atoms with E-state index in [1.165, 1.54) is 0 Å². The average Bonchev–Trinajstić information content (AvgIpc) is 1.97. The van der Waals surface area contributed by atoms with Gasteiger partial charge in [0.25, 0.3) is 0 Å². The van der Waals surface area contributed by atoms with Crippen LogP contribution in [-0.2, 0) is 4.74 Å². The van der Waals surface area contributed by atoms with E-state index in [1.807, 2.05) is 20.8 Å². The molecule has 1 aliphatic heterocycles. The van der Waals surface area contributed by atoms with Crippen molar-refractivity contribution in [1.29, 1.82) is 0 Å². The second-order valence-corrected chi connectivity index (χ2v) is 5.70. The van der Waals surface area contributed by atoms with Crippen LogP contribution in [0.25, 0.3) is 0 Å². The molecule has 0 bridgehead atoms. The van der Waals surface area contributed by atoms with Crippen molar-refractivity contribution in [1.82, 2.24) is 4.90 Å². The van der Waals surface area contributed by atoms with Crippen molar-refractivity contribution < 1.29 is 9.53 Å². The summed E-state index contributed by atoms with van der Waals surface area (Å²) in [4.78, 5) is 13.4. The third-order valence-electron chi connectivity index (χ3n) is 2.99. The van der Waals surface area contributed by atoms with E-state index in [4.69, 9.17) is 10.5 Å². The predicted molar refractivity (Wildman–Crippen MR) is 64.1 cm³/mol. The number of amides is 1. The summed E-state index contributed by atoms with van der Waals surface area (Å²) in [5.41, 5.74) is 5.12. The highest BCUT2D eigenvalue weighted by Gasteiger charge is 2.35. The number of likely N-dealkylation sites (tertiary alicyclic amines) is 1. The van der Waals surface area contributed by atoms with Crippen LogP contribution in [0.1, 0.15) is 34.1 Å². The lowest BCUT2D eigenvalue weighted by Gasteiger charge is -2.42. The number of ether oxygens (including phenoxy) is 1. The molecule has 1 saturated heterocycles. The molecule has 2 N–H and O–H groups in total. The largest absolute Gasteiger partial charge is 0.444 e. The van der Waals surface area contributed by atoms with E-state index in [-0.39, 0.29) is 6.09 Å². The van der Waals surface area contributed by atoms with Gasteiger partial charge in [-0.3, -0.25) is 0 Å². The van der Waals surface area contributed by atoms with Crippen molar-refractivity contribution in [2.75, 3.05) is 19.6 Å². The number of rotatable bonds is 3. The molecule has 1 unspecified atom stereocenters. The van der Waals surface area contributed by atoms with E-state index >= 15 is 0 Å². The fourth-order valence-electron chi connectivity index (χ4n) is 1.85. The van der Waals surface area contributed by atoms with Crippen LogP contribution in [-0.4, -0.2) is 36.2 Å². The van der Waals surface area contributed by atoms with Crippen LogP contribution in [0.2, 0.25) is 0 Å². The van der Waals surface area contributed by atoms with Crippen molar-refractivity contribution in [2.24, 2.45) is 17.6 Å². The molecule has 16 heavy (non-hydrogen) atoms. The number of carbonyl (C=O) groups excluding carboxylic acids is 1. The topological polar surface area (TPSA) is 55.6 Å². The van der Waals surface area contributed by atoms with Gasteiger partial charge in [-0.1, -0.05) is 6.92 Å². The molecule has 0 aliphatic carbocycles. The van der Waals surface area contributed by atoms with Crippen molar-refractivity contribution in [3.05, 3.63) is 0 Å². The first-order valence-corrected chi connectivity index (χ1v) is 6.01. The van der Waals surface area contributed by atoms with Gasteiger partial charge in [-0.25, -0.2) is 4.79 Å². The quantitative estimate of drug-likeness (QED) is 0.802. The van der Waals surface area contributed by atoms with Gasteiger partial charge in [-0.15, -0.1) is 0 Å². The Kier molecular flexibility index (Phi) is 4.19. The molecule has 4 heteroatoms. The lowest BCUT2D eigenvalue weighted by Crippen LogP contribution is -2.53. The highest BCUT2D eigenvalue weighted by atomic mass is 16.6. The molecule has 0 aromatic carbocycles. The van der Waals surface area contributed by atoms with E-state index in [1.54, 1.807) is 4.90 Å². The zero-order valence-corrected chi connectivity index (χ0v) is 10.8. The van der Waals surface area contributed by atoms with Crippen LogP contribution < -0.4 is 5.73 Å². The highest BCUT2D eigenvalue weighted by Crippen LogP contribution is 2.27. The SMILES string of the molecule is CC(CCN)C1CN(C(=O)OC(C)(C)C)C1. The third-order valence-corrected chi connectivity index (χ3v) is 2.99.